The first-order valence-corrected chi connectivity index (χ1v) is 14.9. The topological polar surface area (TPSA) is 113 Å². The van der Waals surface area contributed by atoms with Crippen molar-refractivity contribution >= 4 is 42.6 Å². The van der Waals surface area contributed by atoms with E-state index in [4.69, 9.17) is 32.7 Å². The van der Waals surface area contributed by atoms with Gasteiger partial charge >= 0.3 is 12.1 Å². The van der Waals surface area contributed by atoms with Gasteiger partial charge in [-0.1, -0.05) is 55.5 Å². The van der Waals surface area contributed by atoms with Crippen LogP contribution in [-0.4, -0.2) is 52.3 Å². The van der Waals surface area contributed by atoms with Crippen molar-refractivity contribution < 1.29 is 33.6 Å². The highest BCUT2D eigenvalue weighted by Gasteiger charge is 2.33. The van der Waals surface area contributed by atoms with Gasteiger partial charge in [0.2, 0.25) is 14.2 Å². The number of carbonyl (C=O) groups excluding carboxylic acids is 2. The molecule has 0 spiro atoms. The second kappa shape index (κ2) is 14.4. The van der Waals surface area contributed by atoms with Crippen molar-refractivity contribution in [3.05, 3.63) is 33.8 Å². The summed E-state index contributed by atoms with van der Waals surface area (Å²) in [5.41, 5.74) is 0.577. The molecule has 2 unspecified atom stereocenters. The largest absolute Gasteiger partial charge is 0.428 e. The molecule has 1 aromatic carbocycles. The summed E-state index contributed by atoms with van der Waals surface area (Å²) < 4.78 is 22.8. The van der Waals surface area contributed by atoms with Gasteiger partial charge in [-0.3, -0.25) is 14.3 Å². The first-order valence-electron chi connectivity index (χ1n) is 12.1. The van der Waals surface area contributed by atoms with Crippen LogP contribution < -0.4 is 0 Å². The molecular weight excluding hydrogens is 516 g/mol. The zero-order valence-corrected chi connectivity index (χ0v) is 22.7. The highest BCUT2D eigenvalue weighted by Crippen LogP contribution is 2.46. The van der Waals surface area contributed by atoms with Gasteiger partial charge in [-0.05, 0) is 49.8 Å². The van der Waals surface area contributed by atoms with Crippen LogP contribution in [0.4, 0.5) is 4.79 Å². The van der Waals surface area contributed by atoms with E-state index in [1.54, 1.807) is 25.1 Å². The normalized spacial score (nSPS) is 17.8. The molecule has 198 valence electrons. The number of esters is 1. The van der Waals surface area contributed by atoms with Crippen LogP contribution in [0.15, 0.2) is 18.2 Å². The van der Waals surface area contributed by atoms with Crippen molar-refractivity contribution in [3.63, 3.8) is 0 Å². The fourth-order valence-electron chi connectivity index (χ4n) is 4.29. The standard InChI is InChI=1S/C24H36Cl2NO7P/c1-3-7-23(29)33-16-34-24(30)27(17(2)19-10-11-20(25)21(26)14-19)22(28)12-13-35(31,32)15-18-8-5-4-6-9-18/h10-11,14,17-18,22,28H,3-9,12-13,15-16H2,1-2H3,(H,31,32)/t17-,22?/m0/s1. The first-order chi connectivity index (χ1) is 16.5. The molecular formula is C24H36Cl2NO7P. The molecule has 1 aliphatic carbocycles. The fourth-order valence-corrected chi connectivity index (χ4v) is 6.58. The van der Waals surface area contributed by atoms with E-state index < -0.39 is 38.5 Å². The highest BCUT2D eigenvalue weighted by molar-refractivity contribution is 7.58. The fraction of sp³-hybridized carbons (Fsp3) is 0.667. The quantitative estimate of drug-likeness (QED) is 0.176. The summed E-state index contributed by atoms with van der Waals surface area (Å²) in [5.74, 6) is -0.292. The molecule has 1 saturated carbocycles. The van der Waals surface area contributed by atoms with Gasteiger partial charge in [-0.2, -0.15) is 0 Å². The van der Waals surface area contributed by atoms with E-state index in [1.807, 2.05) is 6.92 Å². The summed E-state index contributed by atoms with van der Waals surface area (Å²) >= 11 is 12.1. The first kappa shape index (κ1) is 29.9. The Morgan fingerprint density at radius 2 is 1.86 bits per heavy atom. The summed E-state index contributed by atoms with van der Waals surface area (Å²) in [5, 5.41) is 11.5. The SMILES string of the molecule is CCCC(=O)OCOC(=O)N(C(O)CCP(=O)(O)CC1CCCCC1)[C@@H](C)c1ccc(Cl)c(Cl)c1. The number of hydrogen-bond acceptors (Lipinski definition) is 6. The summed E-state index contributed by atoms with van der Waals surface area (Å²) in [4.78, 5) is 36.0. The van der Waals surface area contributed by atoms with Crippen LogP contribution in [0.2, 0.25) is 10.0 Å². The van der Waals surface area contributed by atoms with E-state index in [1.165, 1.54) is 0 Å². The van der Waals surface area contributed by atoms with Gasteiger partial charge < -0.3 is 19.5 Å². The predicted molar refractivity (Wildman–Crippen MR) is 136 cm³/mol. The highest BCUT2D eigenvalue weighted by atomic mass is 35.5. The Bertz CT molecular complexity index is 895. The molecule has 2 rings (SSSR count). The molecule has 3 atom stereocenters. The molecule has 0 radical (unpaired) electrons. The molecule has 8 nitrogen and oxygen atoms in total. The lowest BCUT2D eigenvalue weighted by molar-refractivity contribution is -0.153. The number of nitrogens with zero attached hydrogens (tertiary/aromatic N) is 1. The van der Waals surface area contributed by atoms with Gasteiger partial charge in [0.05, 0.1) is 16.1 Å². The molecule has 35 heavy (non-hydrogen) atoms. The maximum atomic E-state index is 12.9. The van der Waals surface area contributed by atoms with Gasteiger partial charge in [0, 0.05) is 25.2 Å². The van der Waals surface area contributed by atoms with Crippen molar-refractivity contribution in [2.45, 2.75) is 77.5 Å². The Balaban J connectivity index is 2.10. The zero-order valence-electron chi connectivity index (χ0n) is 20.3. The molecule has 1 amide bonds. The minimum atomic E-state index is -3.49. The monoisotopic (exact) mass is 551 g/mol. The van der Waals surface area contributed by atoms with Crippen molar-refractivity contribution in [3.8, 4) is 0 Å². The van der Waals surface area contributed by atoms with Crippen molar-refractivity contribution in [1.82, 2.24) is 4.90 Å². The van der Waals surface area contributed by atoms with Crippen LogP contribution in [-0.2, 0) is 18.8 Å². The third-order valence-corrected chi connectivity index (χ3v) is 9.02. The third-order valence-electron chi connectivity index (χ3n) is 6.24. The van der Waals surface area contributed by atoms with Crippen molar-refractivity contribution in [2.75, 3.05) is 19.1 Å². The van der Waals surface area contributed by atoms with Crippen LogP contribution in [0.5, 0.6) is 0 Å². The molecule has 2 N–H and O–H groups in total. The summed E-state index contributed by atoms with van der Waals surface area (Å²) in [6, 6.07) is 4.09. The van der Waals surface area contributed by atoms with Crippen LogP contribution >= 0.6 is 30.6 Å². The minimum absolute atomic E-state index is 0.114. The number of amides is 1. The molecule has 0 aromatic heterocycles. The van der Waals surface area contributed by atoms with Gasteiger partial charge in [0.15, 0.2) is 0 Å². The number of halogens is 2. The van der Waals surface area contributed by atoms with Crippen molar-refractivity contribution in [2.24, 2.45) is 5.92 Å². The molecule has 11 heteroatoms. The second-order valence-corrected chi connectivity index (χ2v) is 12.4. The van der Waals surface area contributed by atoms with E-state index >= 15 is 0 Å². The summed E-state index contributed by atoms with van der Waals surface area (Å²) in [6.07, 6.45) is 3.59. The van der Waals surface area contributed by atoms with Crippen LogP contribution in [0, 0.1) is 5.92 Å². The molecule has 1 fully saturated rings. The number of carbonyl (C=O) groups is 2. The Morgan fingerprint density at radius 1 is 1.17 bits per heavy atom. The number of hydrogen-bond donors (Lipinski definition) is 2. The van der Waals surface area contributed by atoms with E-state index in [0.29, 0.717) is 17.0 Å². The zero-order chi connectivity index (χ0) is 26.0. The lowest BCUT2D eigenvalue weighted by Gasteiger charge is -2.33. The number of benzene rings is 1. The van der Waals surface area contributed by atoms with Gasteiger partial charge in [0.25, 0.3) is 0 Å². The average Bonchev–Trinajstić information content (AvgIpc) is 2.80. The summed E-state index contributed by atoms with van der Waals surface area (Å²) in [7, 11) is -3.49. The number of ether oxygens (including phenoxy) is 2. The lowest BCUT2D eigenvalue weighted by atomic mass is 9.91. The van der Waals surface area contributed by atoms with Crippen molar-refractivity contribution in [1.29, 1.82) is 0 Å². The average molecular weight is 552 g/mol. The number of aliphatic hydroxyl groups is 1. The second-order valence-electron chi connectivity index (χ2n) is 9.08. The molecule has 1 aliphatic rings. The Morgan fingerprint density at radius 3 is 2.49 bits per heavy atom. The third kappa shape index (κ3) is 9.93. The van der Waals surface area contributed by atoms with Crippen LogP contribution in [0.3, 0.4) is 0 Å². The maximum Gasteiger partial charge on any atom is 0.415 e. The Labute approximate surface area is 217 Å². The van der Waals surface area contributed by atoms with Crippen LogP contribution in [0.1, 0.15) is 76.8 Å². The van der Waals surface area contributed by atoms with Gasteiger partial charge in [-0.25, -0.2) is 4.79 Å². The predicted octanol–water partition coefficient (Wildman–Crippen LogP) is 6.35. The lowest BCUT2D eigenvalue weighted by Crippen LogP contribution is -2.43. The van der Waals surface area contributed by atoms with Gasteiger partial charge in [0.1, 0.15) is 6.23 Å². The van der Waals surface area contributed by atoms with E-state index in [2.05, 4.69) is 0 Å². The van der Waals surface area contributed by atoms with E-state index in [0.717, 1.165) is 37.0 Å². The number of aliphatic hydroxyl groups excluding tert-OH is 1. The Kier molecular flexibility index (Phi) is 12.3. The molecule has 0 bridgehead atoms. The molecule has 0 saturated heterocycles. The maximum absolute atomic E-state index is 12.9. The molecule has 1 aromatic rings. The molecule has 0 aliphatic heterocycles. The Hall–Kier alpha value is -1.31. The molecule has 0 heterocycles. The van der Waals surface area contributed by atoms with Gasteiger partial charge in [-0.15, -0.1) is 0 Å². The van der Waals surface area contributed by atoms with E-state index in [-0.39, 0.29) is 36.1 Å². The van der Waals surface area contributed by atoms with E-state index in [9.17, 15) is 24.2 Å². The smallest absolute Gasteiger partial charge is 0.415 e. The minimum Gasteiger partial charge on any atom is -0.428 e. The number of rotatable bonds is 12. The summed E-state index contributed by atoms with van der Waals surface area (Å²) in [6.45, 7) is 2.88. The van der Waals surface area contributed by atoms with Crippen LogP contribution in [0.25, 0.3) is 0 Å².